The van der Waals surface area contributed by atoms with Gasteiger partial charge in [0.25, 0.3) is 5.91 Å². The van der Waals surface area contributed by atoms with Gasteiger partial charge in [0.05, 0.1) is 35.2 Å². The number of pyridine rings is 2. The number of nitrogens with zero attached hydrogens (tertiary/aromatic N) is 4. The highest BCUT2D eigenvalue weighted by molar-refractivity contribution is 7.90. The van der Waals surface area contributed by atoms with Crippen LogP contribution in [0.5, 0.6) is 0 Å². The molecule has 1 N–H and O–H groups in total. The summed E-state index contributed by atoms with van der Waals surface area (Å²) in [6.07, 6.45) is 5.46. The molecule has 3 aromatic heterocycles. The molecule has 1 aromatic carbocycles. The largest absolute Gasteiger partial charge is 0.508 e. The van der Waals surface area contributed by atoms with E-state index in [1.807, 2.05) is 0 Å². The first kappa shape index (κ1) is 24.3. The molecule has 4 heterocycles. The normalized spacial score (nSPS) is 16.3. The van der Waals surface area contributed by atoms with Crippen LogP contribution < -0.4 is 5.32 Å². The number of sulfone groups is 1. The van der Waals surface area contributed by atoms with Crippen molar-refractivity contribution in [2.75, 3.05) is 12.9 Å². The molecular weight excluding hydrogens is 505 g/mol. The number of rotatable bonds is 7. The maximum absolute atomic E-state index is 13.4. The van der Waals surface area contributed by atoms with Crippen molar-refractivity contribution in [2.24, 2.45) is 0 Å². The van der Waals surface area contributed by atoms with E-state index in [0.29, 0.717) is 22.2 Å². The Balaban J connectivity index is 1.48. The van der Waals surface area contributed by atoms with Crippen LogP contribution in [0.3, 0.4) is 0 Å². The lowest BCUT2D eigenvalue weighted by Crippen LogP contribution is -2.32. The molecule has 0 aliphatic carbocycles. The van der Waals surface area contributed by atoms with Gasteiger partial charge in [-0.3, -0.25) is 9.78 Å². The van der Waals surface area contributed by atoms with Gasteiger partial charge in [-0.1, -0.05) is 0 Å². The van der Waals surface area contributed by atoms with Crippen molar-refractivity contribution in [3.05, 3.63) is 78.1 Å². The highest BCUT2D eigenvalue weighted by Crippen LogP contribution is 2.26. The van der Waals surface area contributed by atoms with Crippen molar-refractivity contribution in [3.63, 3.8) is 0 Å². The van der Waals surface area contributed by atoms with E-state index in [9.17, 15) is 22.4 Å². The van der Waals surface area contributed by atoms with E-state index in [1.54, 1.807) is 18.2 Å². The summed E-state index contributed by atoms with van der Waals surface area (Å²) in [5.74, 6) is -0.900. The number of cyclic esters (lactones) is 2. The smallest absolute Gasteiger partial charge is 0.430 e. The molecule has 4 aromatic rings. The average Bonchev–Trinajstić information content (AvgIpc) is 3.49. The Morgan fingerprint density at radius 2 is 2.00 bits per heavy atom. The van der Waals surface area contributed by atoms with Crippen molar-refractivity contribution >= 4 is 32.8 Å². The fraction of sp³-hybridized carbons (Fsp3) is 0.208. The molecule has 37 heavy (non-hydrogen) atoms. The zero-order valence-corrected chi connectivity index (χ0v) is 20.2. The third-order valence-corrected chi connectivity index (χ3v) is 6.79. The first-order chi connectivity index (χ1) is 17.7. The Morgan fingerprint density at radius 3 is 2.70 bits per heavy atom. The van der Waals surface area contributed by atoms with Crippen molar-refractivity contribution in [1.82, 2.24) is 25.1 Å². The van der Waals surface area contributed by atoms with E-state index < -0.39 is 39.9 Å². The van der Waals surface area contributed by atoms with Gasteiger partial charge in [-0.05, 0) is 42.0 Å². The maximum Gasteiger partial charge on any atom is 0.508 e. The minimum absolute atomic E-state index is 0.00318. The van der Waals surface area contributed by atoms with Gasteiger partial charge in [-0.25, -0.2) is 27.3 Å². The van der Waals surface area contributed by atoms with Crippen molar-refractivity contribution in [3.8, 4) is 5.69 Å². The van der Waals surface area contributed by atoms with E-state index in [0.717, 1.165) is 6.26 Å². The van der Waals surface area contributed by atoms with E-state index in [-0.39, 0.29) is 23.6 Å². The Labute approximate surface area is 210 Å². The molecule has 1 amide bonds. The predicted molar refractivity (Wildman–Crippen MR) is 127 cm³/mol. The number of benzene rings is 1. The number of hydrogen-bond acceptors (Lipinski definition) is 9. The number of fused-ring (bicyclic) bond motifs is 1. The van der Waals surface area contributed by atoms with Gasteiger partial charge in [0.2, 0.25) is 0 Å². The zero-order valence-electron chi connectivity index (χ0n) is 19.4. The minimum Gasteiger partial charge on any atom is -0.430 e. The summed E-state index contributed by atoms with van der Waals surface area (Å²) < 4.78 is 49.0. The quantitative estimate of drug-likeness (QED) is 0.360. The van der Waals surface area contributed by atoms with Crippen LogP contribution in [0.2, 0.25) is 0 Å². The van der Waals surface area contributed by atoms with Crippen LogP contribution in [-0.2, 0) is 19.3 Å². The molecule has 13 heteroatoms. The minimum atomic E-state index is -3.61. The molecule has 0 spiro atoms. The van der Waals surface area contributed by atoms with Crippen molar-refractivity contribution in [2.45, 2.75) is 23.6 Å². The Morgan fingerprint density at radius 1 is 1.22 bits per heavy atom. The van der Waals surface area contributed by atoms with Gasteiger partial charge in [-0.15, -0.1) is 0 Å². The summed E-state index contributed by atoms with van der Waals surface area (Å²) in [5, 5.41) is 7.55. The molecular formula is C24H20FN5O6S. The van der Waals surface area contributed by atoms with Crippen LogP contribution >= 0.6 is 0 Å². The number of halogens is 1. The van der Waals surface area contributed by atoms with E-state index in [2.05, 4.69) is 20.4 Å². The Bertz CT molecular complexity index is 1610. The van der Waals surface area contributed by atoms with Crippen LogP contribution in [0, 0.1) is 5.82 Å². The maximum atomic E-state index is 13.4. The second-order valence-corrected chi connectivity index (χ2v) is 10.4. The van der Waals surface area contributed by atoms with E-state index in [4.69, 9.17) is 9.47 Å². The predicted octanol–water partition coefficient (Wildman–Crippen LogP) is 2.75. The average molecular weight is 526 g/mol. The number of nitrogens with one attached hydrogen (secondary N) is 1. The van der Waals surface area contributed by atoms with Gasteiger partial charge in [0.15, 0.2) is 14.9 Å². The molecule has 5 rings (SSSR count). The molecule has 11 nitrogen and oxygen atoms in total. The third kappa shape index (κ3) is 5.11. The number of ether oxygens (including phenoxy) is 2. The lowest BCUT2D eigenvalue weighted by molar-refractivity contribution is 0.0912. The fourth-order valence-electron chi connectivity index (χ4n) is 4.01. The SMILES string of the molecule is CS(=O)(=O)c1cc([C@H](CC2COC(=O)O2)NC(=O)c2cncc3c2cnn3-c2ccc(F)cc2)ccn1. The summed E-state index contributed by atoms with van der Waals surface area (Å²) in [7, 11) is -3.61. The van der Waals surface area contributed by atoms with Crippen molar-refractivity contribution in [1.29, 1.82) is 0 Å². The van der Waals surface area contributed by atoms with Crippen LogP contribution in [0.1, 0.15) is 28.4 Å². The van der Waals surface area contributed by atoms with Gasteiger partial charge in [-0.2, -0.15) is 5.10 Å². The summed E-state index contributed by atoms with van der Waals surface area (Å²) in [6, 6.07) is 7.90. The van der Waals surface area contributed by atoms with E-state index >= 15 is 0 Å². The first-order valence-electron chi connectivity index (χ1n) is 11.1. The highest BCUT2D eigenvalue weighted by atomic mass is 32.2. The van der Waals surface area contributed by atoms with Crippen LogP contribution in [0.4, 0.5) is 9.18 Å². The molecule has 1 aliphatic heterocycles. The van der Waals surface area contributed by atoms with Gasteiger partial charge in [0.1, 0.15) is 18.5 Å². The van der Waals surface area contributed by atoms with Gasteiger partial charge in [0, 0.05) is 30.5 Å². The number of amides is 1. The molecule has 1 unspecified atom stereocenters. The summed E-state index contributed by atoms with van der Waals surface area (Å²) in [6.45, 7) is -0.00318. The van der Waals surface area contributed by atoms with Crippen LogP contribution in [-0.4, -0.2) is 59.2 Å². The number of carbonyl (C=O) groups is 2. The second-order valence-electron chi connectivity index (χ2n) is 8.41. The highest BCUT2D eigenvalue weighted by Gasteiger charge is 2.30. The molecule has 1 fully saturated rings. The van der Waals surface area contributed by atoms with Gasteiger partial charge < -0.3 is 14.8 Å². The topological polar surface area (TPSA) is 142 Å². The summed E-state index contributed by atoms with van der Waals surface area (Å²) >= 11 is 0. The van der Waals surface area contributed by atoms with E-state index in [1.165, 1.54) is 47.7 Å². The first-order valence-corrected chi connectivity index (χ1v) is 13.0. The monoisotopic (exact) mass is 525 g/mol. The van der Waals surface area contributed by atoms with Gasteiger partial charge >= 0.3 is 6.16 Å². The lowest BCUT2D eigenvalue weighted by atomic mass is 10.0. The van der Waals surface area contributed by atoms with Crippen LogP contribution in [0.15, 0.2) is 66.2 Å². The molecule has 0 bridgehead atoms. The fourth-order valence-corrected chi connectivity index (χ4v) is 4.62. The Kier molecular flexibility index (Phi) is 6.29. The third-order valence-electron chi connectivity index (χ3n) is 5.81. The molecule has 0 saturated carbocycles. The lowest BCUT2D eigenvalue weighted by Gasteiger charge is -2.21. The Hall–Kier alpha value is -4.39. The molecule has 1 saturated heterocycles. The van der Waals surface area contributed by atoms with Crippen LogP contribution in [0.25, 0.3) is 16.6 Å². The molecule has 1 aliphatic rings. The molecule has 0 radical (unpaired) electrons. The summed E-state index contributed by atoms with van der Waals surface area (Å²) in [4.78, 5) is 32.9. The molecule has 190 valence electrons. The zero-order chi connectivity index (χ0) is 26.2. The number of carbonyl (C=O) groups excluding carboxylic acids is 2. The number of aromatic nitrogens is 4. The number of hydrogen-bond donors (Lipinski definition) is 1. The molecule has 2 atom stereocenters. The van der Waals surface area contributed by atoms with Crippen molar-refractivity contribution < 1.29 is 31.9 Å². The standard InChI is InChI=1S/C24H20FN5O6S/c1-37(33,34)22-8-14(6-7-27-22)20(9-17-13-35-24(32)36-17)29-23(31)19-10-26-12-21-18(19)11-28-30(21)16-4-2-15(25)3-5-16/h2-8,10-12,17,20H,9,13H2,1H3,(H,29,31)/t17?,20-/m0/s1. The summed E-state index contributed by atoms with van der Waals surface area (Å²) in [5.41, 5.74) is 1.78. The second kappa shape index (κ2) is 9.58.